The lowest BCUT2D eigenvalue weighted by Gasteiger charge is -2.02. The van der Waals surface area contributed by atoms with E-state index in [4.69, 9.17) is 5.41 Å². The maximum absolute atomic E-state index is 11.2. The monoisotopic (exact) mass is 236 g/mol. The SMILES string of the molecule is CC.CC.Cn1c(=N)n[n+]([O-])c2ccccc21. The normalized spacial score (nSPS) is 8.76. The second-order valence-electron chi connectivity index (χ2n) is 2.74. The summed E-state index contributed by atoms with van der Waals surface area (Å²) in [6.45, 7) is 8.00. The number of rotatable bonds is 0. The van der Waals surface area contributed by atoms with Gasteiger partial charge in [-0.1, -0.05) is 39.8 Å². The Balaban J connectivity index is 0.000000581. The van der Waals surface area contributed by atoms with E-state index in [0.717, 1.165) is 0 Å². The van der Waals surface area contributed by atoms with Crippen molar-refractivity contribution in [2.75, 3.05) is 0 Å². The summed E-state index contributed by atoms with van der Waals surface area (Å²) in [5.41, 5.74) is 1.13. The third-order valence-corrected chi connectivity index (χ3v) is 1.95. The Hall–Kier alpha value is -1.91. The van der Waals surface area contributed by atoms with Crippen LogP contribution in [0.15, 0.2) is 24.3 Å². The zero-order chi connectivity index (χ0) is 13.4. The molecule has 0 radical (unpaired) electrons. The van der Waals surface area contributed by atoms with Crippen LogP contribution in [0.4, 0.5) is 0 Å². The van der Waals surface area contributed by atoms with Gasteiger partial charge in [-0.25, -0.2) is 0 Å². The summed E-state index contributed by atoms with van der Waals surface area (Å²) in [4.78, 5) is 0.470. The zero-order valence-electron chi connectivity index (χ0n) is 11.1. The molecule has 0 unspecified atom stereocenters. The van der Waals surface area contributed by atoms with Crippen LogP contribution in [0.1, 0.15) is 27.7 Å². The lowest BCUT2D eigenvalue weighted by Crippen LogP contribution is -2.42. The first-order chi connectivity index (χ1) is 8.20. The number of aromatic nitrogens is 3. The first-order valence-electron chi connectivity index (χ1n) is 5.80. The minimum atomic E-state index is -0.0475. The molecule has 0 fully saturated rings. The van der Waals surface area contributed by atoms with Crippen molar-refractivity contribution < 1.29 is 4.85 Å². The third kappa shape index (κ3) is 3.27. The molecular formula is C12H20N4O. The van der Waals surface area contributed by atoms with E-state index in [2.05, 4.69) is 5.10 Å². The lowest BCUT2D eigenvalue weighted by molar-refractivity contribution is -0.645. The minimum Gasteiger partial charge on any atom is -0.594 e. The molecular weight excluding hydrogens is 216 g/mol. The van der Waals surface area contributed by atoms with Gasteiger partial charge in [0.2, 0.25) is 0 Å². The fourth-order valence-corrected chi connectivity index (χ4v) is 1.23. The van der Waals surface area contributed by atoms with E-state index in [1.54, 1.807) is 29.8 Å². The Morgan fingerprint density at radius 3 is 2.29 bits per heavy atom. The van der Waals surface area contributed by atoms with Gasteiger partial charge in [0.1, 0.15) is 5.52 Å². The summed E-state index contributed by atoms with van der Waals surface area (Å²) >= 11 is 0. The van der Waals surface area contributed by atoms with E-state index in [0.29, 0.717) is 15.9 Å². The van der Waals surface area contributed by atoms with Gasteiger partial charge in [-0.15, -0.1) is 0 Å². The predicted octanol–water partition coefficient (Wildman–Crippen LogP) is 1.74. The summed E-state index contributed by atoms with van der Waals surface area (Å²) in [5.74, 6) is 0. The van der Waals surface area contributed by atoms with Crippen LogP contribution in [0.2, 0.25) is 0 Å². The van der Waals surface area contributed by atoms with E-state index in [1.807, 2.05) is 33.8 Å². The van der Waals surface area contributed by atoms with Crippen molar-refractivity contribution in [1.82, 2.24) is 9.67 Å². The Bertz CT molecular complexity index is 519. The van der Waals surface area contributed by atoms with Crippen molar-refractivity contribution in [3.8, 4) is 0 Å². The molecule has 1 aromatic carbocycles. The lowest BCUT2D eigenvalue weighted by atomic mass is 10.3. The van der Waals surface area contributed by atoms with E-state index in [1.165, 1.54) is 0 Å². The average Bonchev–Trinajstić information content (AvgIpc) is 2.41. The minimum absolute atomic E-state index is 0.0475. The molecule has 0 aliphatic carbocycles. The average molecular weight is 236 g/mol. The van der Waals surface area contributed by atoms with E-state index >= 15 is 0 Å². The third-order valence-electron chi connectivity index (χ3n) is 1.95. The Kier molecular flexibility index (Phi) is 6.55. The number of hydrogen-bond acceptors (Lipinski definition) is 3. The highest BCUT2D eigenvalue weighted by molar-refractivity contribution is 5.70. The molecule has 5 nitrogen and oxygen atoms in total. The van der Waals surface area contributed by atoms with Gasteiger partial charge in [0.15, 0.2) is 0 Å². The Morgan fingerprint density at radius 2 is 1.71 bits per heavy atom. The summed E-state index contributed by atoms with van der Waals surface area (Å²) in [6.07, 6.45) is 0. The number of para-hydroxylation sites is 2. The van der Waals surface area contributed by atoms with Gasteiger partial charge in [-0.3, -0.25) is 5.41 Å². The first-order valence-corrected chi connectivity index (χ1v) is 5.80. The number of benzene rings is 1. The molecule has 0 aliphatic heterocycles. The standard InChI is InChI=1S/C8H8N4O.2C2H6/c1-11-6-4-2-3-5-7(6)12(13)10-8(11)9;2*1-2/h2-5,9H,1H3;2*1-2H3. The Labute approximate surface area is 101 Å². The molecule has 2 rings (SSSR count). The van der Waals surface area contributed by atoms with Crippen molar-refractivity contribution in [2.24, 2.45) is 7.05 Å². The van der Waals surface area contributed by atoms with Crippen LogP contribution >= 0.6 is 0 Å². The zero-order valence-corrected chi connectivity index (χ0v) is 11.1. The molecule has 0 saturated carbocycles. The number of nitrogens with one attached hydrogen (secondary N) is 1. The topological polar surface area (TPSA) is 68.6 Å². The number of nitrogens with zero attached hydrogens (tertiary/aromatic N) is 3. The number of hydrogen-bond donors (Lipinski definition) is 1. The van der Waals surface area contributed by atoms with Crippen LogP contribution < -0.4 is 10.5 Å². The molecule has 0 saturated heterocycles. The van der Waals surface area contributed by atoms with Crippen molar-refractivity contribution in [3.63, 3.8) is 0 Å². The van der Waals surface area contributed by atoms with E-state index < -0.39 is 0 Å². The summed E-state index contributed by atoms with van der Waals surface area (Å²) in [7, 11) is 1.71. The molecule has 5 heteroatoms. The van der Waals surface area contributed by atoms with Gasteiger partial charge in [-0.05, 0) is 10.9 Å². The molecule has 0 bridgehead atoms. The molecule has 0 amide bonds. The maximum atomic E-state index is 11.2. The van der Waals surface area contributed by atoms with Crippen LogP contribution in [-0.4, -0.2) is 9.67 Å². The molecule has 0 atom stereocenters. The molecule has 17 heavy (non-hydrogen) atoms. The Morgan fingerprint density at radius 1 is 1.18 bits per heavy atom. The molecule has 2 aromatic rings. The van der Waals surface area contributed by atoms with Gasteiger partial charge < -0.3 is 9.77 Å². The van der Waals surface area contributed by atoms with Crippen molar-refractivity contribution in [2.45, 2.75) is 27.7 Å². The van der Waals surface area contributed by atoms with Crippen LogP contribution in [0.25, 0.3) is 11.0 Å². The summed E-state index contributed by atoms with van der Waals surface area (Å²) in [5, 5.41) is 22.1. The molecule has 0 aliphatic rings. The highest BCUT2D eigenvalue weighted by Crippen LogP contribution is 2.03. The number of aryl methyl sites for hydroxylation is 1. The first kappa shape index (κ1) is 15.1. The van der Waals surface area contributed by atoms with Crippen LogP contribution in [-0.2, 0) is 7.05 Å². The van der Waals surface area contributed by atoms with Crippen LogP contribution in [0.5, 0.6) is 0 Å². The van der Waals surface area contributed by atoms with E-state index in [-0.39, 0.29) is 5.62 Å². The van der Waals surface area contributed by atoms with Gasteiger partial charge in [0.05, 0.1) is 5.10 Å². The smallest absolute Gasteiger partial charge is 0.289 e. The molecule has 1 N–H and O–H groups in total. The predicted molar refractivity (Wildman–Crippen MR) is 68.2 cm³/mol. The largest absolute Gasteiger partial charge is 0.594 e. The molecule has 1 heterocycles. The summed E-state index contributed by atoms with van der Waals surface area (Å²) in [6, 6.07) is 7.04. The second kappa shape index (κ2) is 7.38. The van der Waals surface area contributed by atoms with Gasteiger partial charge in [-0.2, -0.15) is 0 Å². The van der Waals surface area contributed by atoms with Gasteiger partial charge in [0.25, 0.3) is 11.1 Å². The van der Waals surface area contributed by atoms with E-state index in [9.17, 15) is 5.21 Å². The highest BCUT2D eigenvalue weighted by Gasteiger charge is 2.06. The van der Waals surface area contributed by atoms with Crippen LogP contribution in [0.3, 0.4) is 0 Å². The molecule has 0 spiro atoms. The fourth-order valence-electron chi connectivity index (χ4n) is 1.23. The van der Waals surface area contributed by atoms with Crippen molar-refractivity contribution in [3.05, 3.63) is 35.1 Å². The second-order valence-corrected chi connectivity index (χ2v) is 2.74. The van der Waals surface area contributed by atoms with Gasteiger partial charge in [0, 0.05) is 13.1 Å². The molecule has 94 valence electrons. The number of fused-ring (bicyclic) bond motifs is 1. The quantitative estimate of drug-likeness (QED) is 0.559. The van der Waals surface area contributed by atoms with Gasteiger partial charge >= 0.3 is 0 Å². The fraction of sp³-hybridized carbons (Fsp3) is 0.417. The van der Waals surface area contributed by atoms with Crippen LogP contribution in [0, 0.1) is 10.6 Å². The van der Waals surface area contributed by atoms with Crippen molar-refractivity contribution >= 4 is 11.0 Å². The van der Waals surface area contributed by atoms with Crippen molar-refractivity contribution in [1.29, 1.82) is 5.41 Å². The maximum Gasteiger partial charge on any atom is 0.289 e. The highest BCUT2D eigenvalue weighted by atomic mass is 16.5. The summed E-state index contributed by atoms with van der Waals surface area (Å²) < 4.78 is 1.56. The molecule has 1 aromatic heterocycles.